The Kier molecular flexibility index (Phi) is 6.02. The van der Waals surface area contributed by atoms with Crippen LogP contribution in [-0.2, 0) is 11.3 Å². The van der Waals surface area contributed by atoms with Crippen LogP contribution < -0.4 is 9.80 Å². The summed E-state index contributed by atoms with van der Waals surface area (Å²) >= 11 is 6.61. The van der Waals surface area contributed by atoms with Crippen molar-refractivity contribution in [3.8, 4) is 0 Å². The van der Waals surface area contributed by atoms with E-state index >= 15 is 0 Å². The lowest BCUT2D eigenvalue weighted by atomic mass is 10.0. The molecule has 0 unspecified atom stereocenters. The lowest BCUT2D eigenvalue weighted by Gasteiger charge is -2.34. The number of likely N-dealkylation sites (N-methyl/N-ethyl adjacent to an activating group) is 1. The number of benzene rings is 1. The van der Waals surface area contributed by atoms with Gasteiger partial charge in [-0.2, -0.15) is 0 Å². The van der Waals surface area contributed by atoms with Crippen LogP contribution in [0.1, 0.15) is 37.2 Å². The zero-order chi connectivity index (χ0) is 18.6. The molecule has 8 heteroatoms. The normalized spacial score (nSPS) is 27.0. The van der Waals surface area contributed by atoms with E-state index in [0.717, 1.165) is 48.9 Å². The molecule has 7 nitrogen and oxygen atoms in total. The van der Waals surface area contributed by atoms with E-state index in [1.807, 2.05) is 16.8 Å². The number of quaternary nitrogens is 2. The van der Waals surface area contributed by atoms with Gasteiger partial charge in [0.05, 0.1) is 24.2 Å². The van der Waals surface area contributed by atoms with Gasteiger partial charge in [-0.3, -0.25) is 0 Å². The summed E-state index contributed by atoms with van der Waals surface area (Å²) in [6.07, 6.45) is 2.39. The molecule has 3 heterocycles. The van der Waals surface area contributed by atoms with Gasteiger partial charge in [-0.25, -0.2) is 4.68 Å². The number of hydrogen-bond acceptors (Lipinski definition) is 4. The first-order valence-corrected chi connectivity index (χ1v) is 10.4. The van der Waals surface area contributed by atoms with Gasteiger partial charge in [-0.15, -0.1) is 5.10 Å². The van der Waals surface area contributed by atoms with Gasteiger partial charge >= 0.3 is 0 Å². The van der Waals surface area contributed by atoms with Crippen LogP contribution >= 0.6 is 11.6 Å². The first-order valence-electron chi connectivity index (χ1n) is 10.1. The Morgan fingerprint density at radius 3 is 2.78 bits per heavy atom. The van der Waals surface area contributed by atoms with Gasteiger partial charge in [0.25, 0.3) is 0 Å². The summed E-state index contributed by atoms with van der Waals surface area (Å²) in [6, 6.07) is 8.16. The second-order valence-corrected chi connectivity index (χ2v) is 7.98. The summed E-state index contributed by atoms with van der Waals surface area (Å²) in [7, 11) is 0. The van der Waals surface area contributed by atoms with Crippen molar-refractivity contribution in [3.63, 3.8) is 0 Å². The highest BCUT2D eigenvalue weighted by Gasteiger charge is 2.36. The zero-order valence-electron chi connectivity index (χ0n) is 15.9. The number of aromatic nitrogens is 4. The molecule has 0 spiro atoms. The van der Waals surface area contributed by atoms with E-state index in [1.165, 1.54) is 24.5 Å². The fraction of sp³-hybridized carbons (Fsp3) is 0.632. The fourth-order valence-electron chi connectivity index (χ4n) is 4.35. The quantitative estimate of drug-likeness (QED) is 0.689. The summed E-state index contributed by atoms with van der Waals surface area (Å²) in [5, 5.41) is 13.5. The Balaban J connectivity index is 1.64. The van der Waals surface area contributed by atoms with Crippen molar-refractivity contribution in [1.29, 1.82) is 0 Å². The molecule has 2 saturated heterocycles. The largest absolute Gasteiger partial charge is 0.376 e. The SMILES string of the molecule is CC[NH+]1CC[NH+]([C@H](c2ccccc2Cl)c2nnnn2C[C@@H]2CCCO2)CC1. The van der Waals surface area contributed by atoms with Crippen LogP contribution in [0.4, 0.5) is 0 Å². The van der Waals surface area contributed by atoms with Gasteiger partial charge < -0.3 is 14.5 Å². The van der Waals surface area contributed by atoms with Gasteiger partial charge in [-0.05, 0) is 36.3 Å². The number of nitrogens with one attached hydrogen (secondary N) is 2. The van der Waals surface area contributed by atoms with E-state index in [1.54, 1.807) is 4.90 Å². The molecule has 1 aromatic carbocycles. The summed E-state index contributed by atoms with van der Waals surface area (Å²) in [6.45, 7) is 9.50. The Morgan fingerprint density at radius 1 is 1.26 bits per heavy atom. The average molecular weight is 393 g/mol. The molecule has 2 aliphatic heterocycles. The molecule has 0 saturated carbocycles. The Hall–Kier alpha value is -1.54. The minimum atomic E-state index is 0.0495. The number of hydrogen-bond donors (Lipinski definition) is 2. The molecule has 146 valence electrons. The van der Waals surface area contributed by atoms with E-state index < -0.39 is 0 Å². The number of nitrogens with zero attached hydrogens (tertiary/aromatic N) is 4. The number of halogens is 1. The average Bonchev–Trinajstić information content (AvgIpc) is 3.37. The topological polar surface area (TPSA) is 61.7 Å². The highest BCUT2D eigenvalue weighted by Crippen LogP contribution is 2.25. The van der Waals surface area contributed by atoms with Crippen molar-refractivity contribution >= 4 is 11.6 Å². The molecule has 0 radical (unpaired) electrons. The smallest absolute Gasteiger partial charge is 0.214 e. The summed E-state index contributed by atoms with van der Waals surface area (Å²) in [5.74, 6) is 0.897. The van der Waals surface area contributed by atoms with Crippen LogP contribution in [0.25, 0.3) is 0 Å². The molecule has 2 fully saturated rings. The van der Waals surface area contributed by atoms with Crippen molar-refractivity contribution in [2.45, 2.75) is 38.5 Å². The molecule has 2 atom stereocenters. The maximum absolute atomic E-state index is 6.61. The van der Waals surface area contributed by atoms with Crippen LogP contribution in [0.3, 0.4) is 0 Å². The van der Waals surface area contributed by atoms with E-state index in [2.05, 4.69) is 34.6 Å². The van der Waals surface area contributed by atoms with Gasteiger partial charge in [0.15, 0.2) is 6.04 Å². The molecule has 27 heavy (non-hydrogen) atoms. The van der Waals surface area contributed by atoms with Gasteiger partial charge in [-0.1, -0.05) is 29.8 Å². The van der Waals surface area contributed by atoms with E-state index in [4.69, 9.17) is 16.3 Å². The second-order valence-electron chi connectivity index (χ2n) is 7.57. The van der Waals surface area contributed by atoms with Gasteiger partial charge in [0.1, 0.15) is 26.2 Å². The van der Waals surface area contributed by atoms with Crippen molar-refractivity contribution in [3.05, 3.63) is 40.7 Å². The van der Waals surface area contributed by atoms with Crippen molar-refractivity contribution in [2.24, 2.45) is 0 Å². The van der Waals surface area contributed by atoms with E-state index in [-0.39, 0.29) is 12.1 Å². The van der Waals surface area contributed by atoms with Crippen LogP contribution in [0, 0.1) is 0 Å². The van der Waals surface area contributed by atoms with Crippen LogP contribution in [0.5, 0.6) is 0 Å². The molecule has 0 amide bonds. The predicted octanol–water partition coefficient (Wildman–Crippen LogP) is -0.602. The molecular weight excluding hydrogens is 364 g/mol. The summed E-state index contributed by atoms with van der Waals surface area (Å²) < 4.78 is 7.75. The zero-order valence-corrected chi connectivity index (χ0v) is 16.7. The number of tetrazole rings is 1. The molecule has 2 aromatic rings. The lowest BCUT2D eigenvalue weighted by molar-refractivity contribution is -1.02. The Bertz CT molecular complexity index is 739. The van der Waals surface area contributed by atoms with Crippen LogP contribution in [0.2, 0.25) is 5.02 Å². The third-order valence-corrected chi connectivity index (χ3v) is 6.29. The van der Waals surface area contributed by atoms with Crippen LogP contribution in [0.15, 0.2) is 24.3 Å². The van der Waals surface area contributed by atoms with E-state index in [0.29, 0.717) is 6.54 Å². The monoisotopic (exact) mass is 392 g/mol. The Labute approximate surface area is 165 Å². The number of rotatable bonds is 6. The molecule has 4 rings (SSSR count). The first-order chi connectivity index (χ1) is 13.3. The highest BCUT2D eigenvalue weighted by molar-refractivity contribution is 6.31. The molecule has 0 aliphatic carbocycles. The predicted molar refractivity (Wildman–Crippen MR) is 102 cm³/mol. The Morgan fingerprint density at radius 2 is 2.07 bits per heavy atom. The minimum Gasteiger partial charge on any atom is -0.376 e. The van der Waals surface area contributed by atoms with Crippen molar-refractivity contribution in [2.75, 3.05) is 39.3 Å². The molecular formula is C19H29ClN6O+2. The maximum Gasteiger partial charge on any atom is 0.214 e. The minimum absolute atomic E-state index is 0.0495. The summed E-state index contributed by atoms with van der Waals surface area (Å²) in [5.41, 5.74) is 1.11. The summed E-state index contributed by atoms with van der Waals surface area (Å²) in [4.78, 5) is 3.15. The standard InChI is InChI=1S/C19H27ClN6O/c1-2-24-9-11-25(12-10-24)18(16-7-3-4-8-17(16)20)19-21-22-23-26(19)14-15-6-5-13-27-15/h3-4,7-8,15,18H,2,5-6,9-14H2,1H3/p+2/t15-,18+/m0/s1. The third kappa shape index (κ3) is 4.16. The first kappa shape index (κ1) is 18.8. The lowest BCUT2D eigenvalue weighted by Crippen LogP contribution is -3.28. The molecule has 0 bridgehead atoms. The molecule has 2 aliphatic rings. The molecule has 2 N–H and O–H groups in total. The maximum atomic E-state index is 6.61. The highest BCUT2D eigenvalue weighted by atomic mass is 35.5. The number of piperazine rings is 1. The van der Waals surface area contributed by atoms with Crippen molar-refractivity contribution < 1.29 is 14.5 Å². The van der Waals surface area contributed by atoms with E-state index in [9.17, 15) is 0 Å². The third-order valence-electron chi connectivity index (χ3n) is 5.94. The number of ether oxygens (including phenoxy) is 1. The van der Waals surface area contributed by atoms with Crippen LogP contribution in [-0.4, -0.2) is 65.6 Å². The molecule has 1 aromatic heterocycles. The fourth-order valence-corrected chi connectivity index (χ4v) is 4.59. The van der Waals surface area contributed by atoms with Gasteiger partial charge in [0, 0.05) is 12.2 Å². The van der Waals surface area contributed by atoms with Crippen molar-refractivity contribution in [1.82, 2.24) is 20.2 Å². The second kappa shape index (κ2) is 8.65. The van der Waals surface area contributed by atoms with Gasteiger partial charge in [0.2, 0.25) is 5.82 Å².